The third kappa shape index (κ3) is 8.07. The molecule has 1 fully saturated rings. The Balaban J connectivity index is 1.02. The number of hydrogen-bond acceptors (Lipinski definition) is 3. The van der Waals surface area contributed by atoms with E-state index < -0.39 is 0 Å². The van der Waals surface area contributed by atoms with Crippen molar-refractivity contribution in [1.82, 2.24) is 5.32 Å². The third-order valence-electron chi connectivity index (χ3n) is 12.7. The Labute approximate surface area is 346 Å². The highest BCUT2D eigenvalue weighted by Crippen LogP contribution is 2.50. The minimum Gasteiger partial charge on any atom is -0.321 e. The summed E-state index contributed by atoms with van der Waals surface area (Å²) < 4.78 is 0. The van der Waals surface area contributed by atoms with Crippen molar-refractivity contribution in [1.29, 1.82) is 0 Å². The van der Waals surface area contributed by atoms with Gasteiger partial charge in [-0.25, -0.2) is 0 Å². The van der Waals surface area contributed by atoms with Gasteiger partial charge in [0.2, 0.25) is 0 Å². The number of nitrogens with two attached hydrogens (primary N) is 1. The Bertz CT molecular complexity index is 2470. The van der Waals surface area contributed by atoms with Crippen molar-refractivity contribution in [2.75, 3.05) is 0 Å². The summed E-state index contributed by atoms with van der Waals surface area (Å²) in [5.41, 5.74) is 20.3. The Morgan fingerprint density at radius 3 is 2.43 bits per heavy atom. The van der Waals surface area contributed by atoms with Crippen LogP contribution in [0.1, 0.15) is 74.8 Å². The van der Waals surface area contributed by atoms with Crippen LogP contribution in [0.15, 0.2) is 198 Å². The molecule has 2 bridgehead atoms. The van der Waals surface area contributed by atoms with E-state index in [9.17, 15) is 0 Å². The minimum absolute atomic E-state index is 0.139. The maximum atomic E-state index is 6.46. The van der Waals surface area contributed by atoms with E-state index in [0.29, 0.717) is 17.8 Å². The lowest BCUT2D eigenvalue weighted by atomic mass is 9.71. The maximum absolute atomic E-state index is 6.46. The van der Waals surface area contributed by atoms with E-state index in [4.69, 9.17) is 10.7 Å². The van der Waals surface area contributed by atoms with Gasteiger partial charge in [-0.3, -0.25) is 4.99 Å². The molecule has 3 aliphatic carbocycles. The summed E-state index contributed by atoms with van der Waals surface area (Å²) in [5, 5.41) is 6.55. The molecule has 0 saturated heterocycles. The fourth-order valence-corrected chi connectivity index (χ4v) is 9.72. The molecule has 3 heteroatoms. The van der Waals surface area contributed by atoms with E-state index in [1.54, 1.807) is 0 Å². The molecule has 3 nitrogen and oxygen atoms in total. The largest absolute Gasteiger partial charge is 0.321 e. The number of nitrogens with zero attached hydrogens (tertiary/aromatic N) is 1. The van der Waals surface area contributed by atoms with Crippen LogP contribution in [0.25, 0.3) is 21.9 Å². The third-order valence-corrected chi connectivity index (χ3v) is 12.7. The summed E-state index contributed by atoms with van der Waals surface area (Å²) >= 11 is 0. The van der Waals surface area contributed by atoms with Crippen LogP contribution in [-0.4, -0.2) is 17.8 Å². The van der Waals surface area contributed by atoms with E-state index in [2.05, 4.69) is 172 Å². The molecule has 5 unspecified atom stereocenters. The number of benzene rings is 4. The molecular formula is C55H57N3. The molecule has 1 saturated carbocycles. The van der Waals surface area contributed by atoms with Crippen molar-refractivity contribution in [3.05, 3.63) is 215 Å². The van der Waals surface area contributed by atoms with Gasteiger partial charge < -0.3 is 11.1 Å². The van der Waals surface area contributed by atoms with Crippen molar-refractivity contribution in [2.45, 2.75) is 71.1 Å². The molecule has 58 heavy (non-hydrogen) atoms. The molecule has 4 aromatic rings. The lowest BCUT2D eigenvalue weighted by Crippen LogP contribution is -2.31. The Hall–Kier alpha value is -5.61. The van der Waals surface area contributed by atoms with Crippen molar-refractivity contribution in [3.8, 4) is 11.1 Å². The van der Waals surface area contributed by atoms with Crippen molar-refractivity contribution in [2.24, 2.45) is 28.5 Å². The predicted molar refractivity (Wildman–Crippen MR) is 248 cm³/mol. The monoisotopic (exact) mass is 759 g/mol. The van der Waals surface area contributed by atoms with Crippen LogP contribution < -0.4 is 11.1 Å². The lowest BCUT2D eigenvalue weighted by molar-refractivity contribution is 0.395. The van der Waals surface area contributed by atoms with Crippen LogP contribution in [-0.2, 0) is 6.54 Å². The van der Waals surface area contributed by atoms with Crippen LogP contribution >= 0.6 is 0 Å². The van der Waals surface area contributed by atoms with Gasteiger partial charge in [0.15, 0.2) is 0 Å². The van der Waals surface area contributed by atoms with Gasteiger partial charge in [0.1, 0.15) is 0 Å². The van der Waals surface area contributed by atoms with E-state index >= 15 is 0 Å². The van der Waals surface area contributed by atoms with Crippen molar-refractivity contribution >= 4 is 16.5 Å². The molecule has 4 aliphatic rings. The van der Waals surface area contributed by atoms with Crippen LogP contribution in [0.4, 0.5) is 0 Å². The zero-order valence-electron chi connectivity index (χ0n) is 34.5. The number of nitrogens with one attached hydrogen (secondary N) is 1. The quantitative estimate of drug-likeness (QED) is 0.150. The molecule has 0 spiro atoms. The summed E-state index contributed by atoms with van der Waals surface area (Å²) in [7, 11) is 0. The molecular weight excluding hydrogens is 703 g/mol. The molecule has 4 aromatic carbocycles. The first kappa shape index (κ1) is 39.2. The second kappa shape index (κ2) is 17.5. The van der Waals surface area contributed by atoms with Gasteiger partial charge in [-0.15, -0.1) is 0 Å². The number of fused-ring (bicyclic) bond motifs is 9. The normalized spacial score (nSPS) is 24.1. The Kier molecular flexibility index (Phi) is 11.8. The van der Waals surface area contributed by atoms with Gasteiger partial charge in [-0.1, -0.05) is 158 Å². The summed E-state index contributed by atoms with van der Waals surface area (Å²) in [6.07, 6.45) is 30.6. The van der Waals surface area contributed by atoms with E-state index in [1.807, 2.05) is 31.2 Å². The second-order valence-corrected chi connectivity index (χ2v) is 16.6. The Morgan fingerprint density at radius 2 is 1.64 bits per heavy atom. The average Bonchev–Trinajstić information content (AvgIpc) is 3.38. The first-order valence-corrected chi connectivity index (χ1v) is 21.1. The summed E-state index contributed by atoms with van der Waals surface area (Å²) in [5.74, 6) is 1.68. The zero-order chi connectivity index (χ0) is 40.2. The molecule has 0 aromatic heterocycles. The lowest BCUT2D eigenvalue weighted by Gasteiger charge is -2.38. The summed E-state index contributed by atoms with van der Waals surface area (Å²) in [6, 6.07) is 31.9. The van der Waals surface area contributed by atoms with E-state index in [0.717, 1.165) is 30.7 Å². The van der Waals surface area contributed by atoms with Crippen LogP contribution in [0.5, 0.6) is 0 Å². The first-order chi connectivity index (χ1) is 28.3. The minimum atomic E-state index is -0.224. The van der Waals surface area contributed by atoms with Crippen molar-refractivity contribution in [3.63, 3.8) is 0 Å². The van der Waals surface area contributed by atoms with Gasteiger partial charge in [-0.2, -0.15) is 0 Å². The number of rotatable bonds is 11. The van der Waals surface area contributed by atoms with Crippen LogP contribution in [0.2, 0.25) is 0 Å². The molecule has 0 amide bonds. The first-order valence-electron chi connectivity index (χ1n) is 21.1. The van der Waals surface area contributed by atoms with Crippen LogP contribution in [0.3, 0.4) is 0 Å². The smallest absolute Gasteiger partial charge is 0.0647 e. The van der Waals surface area contributed by atoms with Gasteiger partial charge >= 0.3 is 0 Å². The second-order valence-electron chi connectivity index (χ2n) is 16.6. The highest BCUT2D eigenvalue weighted by molar-refractivity contribution is 6.10. The molecule has 292 valence electrons. The SMILES string of the molecule is C=C(/C=C\C=C/C)C(N)/C=C\C1=C[C@@H]2C3CC(C=CC(c4ccc5cc(CNC6c7ccccc7-c7ccccc7C6C(/C=C\C)=C(C)C)ccc5c4)=N3)[C@@H]2CC=C1. The highest BCUT2D eigenvalue weighted by Gasteiger charge is 2.42. The van der Waals surface area contributed by atoms with Gasteiger partial charge in [0.05, 0.1) is 11.8 Å². The number of allylic oxidation sites excluding steroid dienone is 12. The van der Waals surface area contributed by atoms with Crippen LogP contribution in [0, 0.1) is 17.8 Å². The van der Waals surface area contributed by atoms with E-state index in [1.165, 1.54) is 60.9 Å². The summed E-state index contributed by atoms with van der Waals surface area (Å²) in [4.78, 5) is 5.48. The van der Waals surface area contributed by atoms with Crippen molar-refractivity contribution < 1.29 is 0 Å². The fourth-order valence-electron chi connectivity index (χ4n) is 9.72. The molecule has 3 N–H and O–H groups in total. The molecule has 7 atom stereocenters. The van der Waals surface area contributed by atoms with Gasteiger partial charge in [-0.05, 0) is 126 Å². The van der Waals surface area contributed by atoms with Gasteiger partial charge in [0.25, 0.3) is 0 Å². The molecule has 1 aliphatic heterocycles. The maximum Gasteiger partial charge on any atom is 0.0647 e. The molecule has 0 radical (unpaired) electrons. The number of hydrogen-bond donors (Lipinski definition) is 2. The topological polar surface area (TPSA) is 50.4 Å². The Morgan fingerprint density at radius 1 is 0.879 bits per heavy atom. The van der Waals surface area contributed by atoms with Gasteiger partial charge in [0, 0.05) is 36.0 Å². The van der Waals surface area contributed by atoms with E-state index in [-0.39, 0.29) is 24.0 Å². The fraction of sp³-hybridized carbons (Fsp3) is 0.255. The summed E-state index contributed by atoms with van der Waals surface area (Å²) in [6.45, 7) is 13.6. The predicted octanol–water partition coefficient (Wildman–Crippen LogP) is 12.8. The standard InChI is InChI=1S/C55H57N3/c1-6-8-9-16-37(5)51(56)29-24-38-17-14-22-45-42-28-30-52(58-53(34-42)50(45)32-38)43-27-26-40-31-39(23-25-41(40)33-43)35-57-55-49-21-13-11-19-47(49)46-18-10-12-20-48(46)54(55)44(15-7-2)36(3)4/h6-21,23-33,42,45,50-51,53-55,57H,5,22,34-35,56H2,1-4H3/b8-6-,15-7-,16-9-,29-24-/t42?,45-,50-,51?,53?,54?,55?/m0/s1. The number of aliphatic imine (C=N–C) groups is 1. The average molecular weight is 760 g/mol. The molecule has 8 rings (SSSR count). The highest BCUT2D eigenvalue weighted by atomic mass is 14.9. The zero-order valence-corrected chi connectivity index (χ0v) is 34.5. The molecule has 1 heterocycles.